The van der Waals surface area contributed by atoms with Gasteiger partial charge in [0.05, 0.1) is 32.9 Å². The van der Waals surface area contributed by atoms with Crippen molar-refractivity contribution in [2.45, 2.75) is 37.3 Å². The Labute approximate surface area is 169 Å². The van der Waals surface area contributed by atoms with Gasteiger partial charge in [0.25, 0.3) is 0 Å². The lowest BCUT2D eigenvalue weighted by Gasteiger charge is -2.18. The van der Waals surface area contributed by atoms with Crippen molar-refractivity contribution < 1.29 is 9.69 Å². The van der Waals surface area contributed by atoms with Crippen LogP contribution in [0.3, 0.4) is 0 Å². The van der Waals surface area contributed by atoms with Gasteiger partial charge in [0, 0.05) is 23.5 Å². The SMILES string of the molecule is C[NH+](C)CCn1c2c(c(SCC(=O)N3CCc4ccccc43)nc1=O)CCC2. The highest BCUT2D eigenvalue weighted by Gasteiger charge is 2.26. The van der Waals surface area contributed by atoms with E-state index in [1.165, 1.54) is 27.8 Å². The molecule has 1 amide bonds. The molecule has 1 aliphatic carbocycles. The molecule has 6 nitrogen and oxygen atoms in total. The third-order valence-corrected chi connectivity index (χ3v) is 6.56. The van der Waals surface area contributed by atoms with Gasteiger partial charge in [-0.3, -0.25) is 9.36 Å². The molecule has 0 radical (unpaired) electrons. The number of anilines is 1. The molecule has 148 valence electrons. The van der Waals surface area contributed by atoms with Crippen molar-refractivity contribution in [2.75, 3.05) is 37.8 Å². The standard InChI is InChI=1S/C21H26N4O2S/c1-23(2)12-13-25-18-9-5-7-16(18)20(22-21(25)27)28-14-19(26)24-11-10-15-6-3-4-8-17(15)24/h3-4,6,8H,5,7,9-14H2,1-2H3/p+1. The van der Waals surface area contributed by atoms with Crippen molar-refractivity contribution in [3.63, 3.8) is 0 Å². The highest BCUT2D eigenvalue weighted by atomic mass is 32.2. The molecule has 1 aromatic heterocycles. The molecule has 0 saturated carbocycles. The minimum absolute atomic E-state index is 0.0869. The number of fused-ring (bicyclic) bond motifs is 2. The van der Waals surface area contributed by atoms with E-state index >= 15 is 0 Å². The molecule has 28 heavy (non-hydrogen) atoms. The predicted octanol–water partition coefficient (Wildman–Crippen LogP) is 0.558. The highest BCUT2D eigenvalue weighted by molar-refractivity contribution is 8.00. The van der Waals surface area contributed by atoms with Crippen LogP contribution in [0.1, 0.15) is 23.2 Å². The fourth-order valence-electron chi connectivity index (χ4n) is 4.08. The predicted molar refractivity (Wildman–Crippen MR) is 111 cm³/mol. The van der Waals surface area contributed by atoms with E-state index in [9.17, 15) is 9.59 Å². The lowest BCUT2D eigenvalue weighted by atomic mass is 10.2. The van der Waals surface area contributed by atoms with E-state index < -0.39 is 0 Å². The summed E-state index contributed by atoms with van der Waals surface area (Å²) in [4.78, 5) is 32.9. The van der Waals surface area contributed by atoms with Gasteiger partial charge in [-0.2, -0.15) is 4.98 Å². The van der Waals surface area contributed by atoms with Crippen LogP contribution in [0.4, 0.5) is 5.69 Å². The molecule has 1 aliphatic heterocycles. The van der Waals surface area contributed by atoms with E-state index in [1.54, 1.807) is 0 Å². The van der Waals surface area contributed by atoms with Gasteiger partial charge in [0.15, 0.2) is 0 Å². The zero-order valence-electron chi connectivity index (χ0n) is 16.5. The smallest absolute Gasteiger partial charge is 0.338 e. The van der Waals surface area contributed by atoms with Crippen LogP contribution in [0.5, 0.6) is 0 Å². The van der Waals surface area contributed by atoms with Crippen LogP contribution in [0.25, 0.3) is 0 Å². The molecule has 0 atom stereocenters. The van der Waals surface area contributed by atoms with Gasteiger partial charge in [-0.1, -0.05) is 30.0 Å². The number of carbonyl (C=O) groups is 1. The molecule has 2 aromatic rings. The van der Waals surface area contributed by atoms with Gasteiger partial charge >= 0.3 is 5.69 Å². The zero-order chi connectivity index (χ0) is 19.7. The third kappa shape index (κ3) is 3.73. The lowest BCUT2D eigenvalue weighted by molar-refractivity contribution is -0.859. The van der Waals surface area contributed by atoms with Gasteiger partial charge in [-0.15, -0.1) is 0 Å². The van der Waals surface area contributed by atoms with Crippen molar-refractivity contribution >= 4 is 23.4 Å². The summed E-state index contributed by atoms with van der Waals surface area (Å²) in [5.74, 6) is 0.405. The van der Waals surface area contributed by atoms with Crippen LogP contribution in [0.2, 0.25) is 0 Å². The number of likely N-dealkylation sites (N-methyl/N-ethyl adjacent to an activating group) is 1. The van der Waals surface area contributed by atoms with Gasteiger partial charge in [0.2, 0.25) is 5.91 Å². The summed E-state index contributed by atoms with van der Waals surface area (Å²) in [6.45, 7) is 2.33. The second-order valence-electron chi connectivity index (χ2n) is 7.80. The van der Waals surface area contributed by atoms with Gasteiger partial charge in [-0.05, 0) is 37.3 Å². The van der Waals surface area contributed by atoms with Crippen molar-refractivity contribution in [1.82, 2.24) is 9.55 Å². The average molecular weight is 400 g/mol. The summed E-state index contributed by atoms with van der Waals surface area (Å²) in [6, 6.07) is 8.08. The third-order valence-electron chi connectivity index (χ3n) is 5.56. The average Bonchev–Trinajstić information content (AvgIpc) is 3.32. The Hall–Kier alpha value is -2.12. The molecule has 1 aromatic carbocycles. The number of quaternary nitrogens is 1. The van der Waals surface area contributed by atoms with Gasteiger partial charge < -0.3 is 9.80 Å². The molecule has 0 fully saturated rings. The maximum atomic E-state index is 12.8. The van der Waals surface area contributed by atoms with Crippen molar-refractivity contribution in [3.05, 3.63) is 51.6 Å². The van der Waals surface area contributed by atoms with Crippen LogP contribution in [0, 0.1) is 0 Å². The molecule has 0 bridgehead atoms. The Balaban J connectivity index is 1.50. The molecule has 0 unspecified atom stereocenters. The largest absolute Gasteiger partial charge is 0.349 e. The number of para-hydroxylation sites is 1. The van der Waals surface area contributed by atoms with E-state index in [4.69, 9.17) is 0 Å². The summed E-state index contributed by atoms with van der Waals surface area (Å²) in [5.41, 5.74) is 4.37. The molecule has 4 rings (SSSR count). The molecule has 7 heteroatoms. The van der Waals surface area contributed by atoms with E-state index in [-0.39, 0.29) is 11.6 Å². The molecule has 2 aliphatic rings. The first-order valence-corrected chi connectivity index (χ1v) is 11.0. The van der Waals surface area contributed by atoms with Crippen LogP contribution in [0.15, 0.2) is 34.1 Å². The Morgan fingerprint density at radius 1 is 1.21 bits per heavy atom. The number of benzene rings is 1. The first kappa shape index (κ1) is 19.2. The van der Waals surface area contributed by atoms with Crippen LogP contribution < -0.4 is 15.5 Å². The summed E-state index contributed by atoms with van der Waals surface area (Å²) in [7, 11) is 4.18. The summed E-state index contributed by atoms with van der Waals surface area (Å²) >= 11 is 1.42. The van der Waals surface area contributed by atoms with E-state index in [0.29, 0.717) is 12.3 Å². The monoisotopic (exact) mass is 399 g/mol. The number of hydrogen-bond donors (Lipinski definition) is 1. The minimum Gasteiger partial charge on any atom is -0.338 e. The molecule has 0 spiro atoms. The van der Waals surface area contributed by atoms with E-state index in [2.05, 4.69) is 25.1 Å². The van der Waals surface area contributed by atoms with Crippen molar-refractivity contribution in [3.8, 4) is 0 Å². The Bertz CT molecular complexity index is 954. The minimum atomic E-state index is -0.177. The second kappa shape index (κ2) is 8.09. The first-order chi connectivity index (χ1) is 13.5. The lowest BCUT2D eigenvalue weighted by Crippen LogP contribution is -3.06. The Morgan fingerprint density at radius 3 is 2.86 bits per heavy atom. The molecule has 0 saturated heterocycles. The van der Waals surface area contributed by atoms with Crippen molar-refractivity contribution in [2.24, 2.45) is 0 Å². The van der Waals surface area contributed by atoms with Gasteiger partial charge in [-0.25, -0.2) is 4.79 Å². The fourth-order valence-corrected chi connectivity index (χ4v) is 5.03. The maximum Gasteiger partial charge on any atom is 0.349 e. The van der Waals surface area contributed by atoms with E-state index in [0.717, 1.165) is 55.2 Å². The number of thioether (sulfide) groups is 1. The topological polar surface area (TPSA) is 59.6 Å². The number of carbonyl (C=O) groups excluding carboxylic acids is 1. The number of aromatic nitrogens is 2. The van der Waals surface area contributed by atoms with Crippen LogP contribution in [-0.4, -0.2) is 48.4 Å². The first-order valence-electron chi connectivity index (χ1n) is 9.97. The zero-order valence-corrected chi connectivity index (χ0v) is 17.3. The normalized spacial score (nSPS) is 15.2. The fraction of sp³-hybridized carbons (Fsp3) is 0.476. The quantitative estimate of drug-likeness (QED) is 0.570. The Morgan fingerprint density at radius 2 is 2.04 bits per heavy atom. The maximum absolute atomic E-state index is 12.8. The number of amides is 1. The molecular weight excluding hydrogens is 372 g/mol. The molecular formula is C21H27N4O2S+. The summed E-state index contributed by atoms with van der Waals surface area (Å²) < 4.78 is 1.85. The molecule has 1 N–H and O–H groups in total. The molecule has 2 heterocycles. The number of rotatable bonds is 6. The van der Waals surface area contributed by atoms with Gasteiger partial charge in [0.1, 0.15) is 5.03 Å². The summed E-state index contributed by atoms with van der Waals surface area (Å²) in [5, 5.41) is 0.756. The van der Waals surface area contributed by atoms with Crippen LogP contribution >= 0.6 is 11.8 Å². The summed E-state index contributed by atoms with van der Waals surface area (Å²) in [6.07, 6.45) is 3.83. The second-order valence-corrected chi connectivity index (χ2v) is 8.76. The number of nitrogens with zero attached hydrogens (tertiary/aromatic N) is 3. The number of nitrogens with one attached hydrogen (secondary N) is 1. The van der Waals surface area contributed by atoms with E-state index in [1.807, 2.05) is 27.7 Å². The number of hydrogen-bond acceptors (Lipinski definition) is 4. The Kier molecular flexibility index (Phi) is 5.55. The van der Waals surface area contributed by atoms with Crippen molar-refractivity contribution in [1.29, 1.82) is 0 Å². The highest BCUT2D eigenvalue weighted by Crippen LogP contribution is 2.31. The van der Waals surface area contributed by atoms with Crippen LogP contribution in [-0.2, 0) is 30.6 Å².